The van der Waals surface area contributed by atoms with Crippen molar-refractivity contribution in [3.05, 3.63) is 41.7 Å². The molecule has 8 heteroatoms. The van der Waals surface area contributed by atoms with Gasteiger partial charge in [-0.15, -0.1) is 0 Å². The number of nitrogens with zero attached hydrogens (tertiary/aromatic N) is 5. The van der Waals surface area contributed by atoms with Gasteiger partial charge in [0.2, 0.25) is 5.95 Å². The Morgan fingerprint density at radius 1 is 1.06 bits per heavy atom. The van der Waals surface area contributed by atoms with Crippen molar-refractivity contribution in [3.8, 4) is 0 Å². The number of piperidine rings is 1. The first kappa shape index (κ1) is 23.1. The number of nitrogens with one attached hydrogen (secondary N) is 1. The minimum Gasteiger partial charge on any atom is -0.393 e. The summed E-state index contributed by atoms with van der Waals surface area (Å²) >= 11 is 0. The Morgan fingerprint density at radius 2 is 1.79 bits per heavy atom. The fourth-order valence-electron chi connectivity index (χ4n) is 5.31. The van der Waals surface area contributed by atoms with Crippen LogP contribution in [0.1, 0.15) is 75.5 Å². The molecule has 0 spiro atoms. The molecule has 182 valence electrons. The monoisotopic (exact) mass is 463 g/mol. The Kier molecular flexibility index (Phi) is 6.70. The second-order valence-corrected chi connectivity index (χ2v) is 10.2. The maximum Gasteiger partial charge on any atom is 0.229 e. The minimum absolute atomic E-state index is 0.144. The quantitative estimate of drug-likeness (QED) is 0.508. The van der Waals surface area contributed by atoms with Gasteiger partial charge in [-0.1, -0.05) is 24.3 Å². The van der Waals surface area contributed by atoms with Crippen molar-refractivity contribution in [2.24, 2.45) is 5.73 Å². The summed E-state index contributed by atoms with van der Waals surface area (Å²) in [5, 5.41) is 13.5. The molecule has 0 atom stereocenters. The number of anilines is 2. The van der Waals surface area contributed by atoms with E-state index >= 15 is 0 Å². The third-order valence-corrected chi connectivity index (χ3v) is 7.43. The van der Waals surface area contributed by atoms with Crippen molar-refractivity contribution < 1.29 is 5.11 Å². The van der Waals surface area contributed by atoms with Gasteiger partial charge in [-0.25, -0.2) is 4.98 Å². The summed E-state index contributed by atoms with van der Waals surface area (Å²) in [4.78, 5) is 16.8. The second-order valence-electron chi connectivity index (χ2n) is 10.2. The number of nitrogens with two attached hydrogens (primary N) is 1. The first-order valence-electron chi connectivity index (χ1n) is 12.7. The highest BCUT2D eigenvalue weighted by atomic mass is 16.3. The molecule has 2 aromatic heterocycles. The largest absolute Gasteiger partial charge is 0.393 e. The van der Waals surface area contributed by atoms with Crippen LogP contribution in [0.25, 0.3) is 11.2 Å². The van der Waals surface area contributed by atoms with Crippen molar-refractivity contribution in [1.29, 1.82) is 0 Å². The van der Waals surface area contributed by atoms with Crippen LogP contribution in [-0.2, 0) is 6.54 Å². The number of benzene rings is 1. The molecule has 5 rings (SSSR count). The normalized spacial score (nSPS) is 22.0. The Bertz CT molecular complexity index is 1110. The van der Waals surface area contributed by atoms with E-state index in [2.05, 4.69) is 57.9 Å². The summed E-state index contributed by atoms with van der Waals surface area (Å²) in [7, 11) is 0. The highest BCUT2D eigenvalue weighted by Crippen LogP contribution is 2.35. The highest BCUT2D eigenvalue weighted by Gasteiger charge is 2.24. The molecular weight excluding hydrogens is 426 g/mol. The summed E-state index contributed by atoms with van der Waals surface area (Å²) in [6, 6.07) is 9.18. The van der Waals surface area contributed by atoms with Gasteiger partial charge >= 0.3 is 0 Å². The van der Waals surface area contributed by atoms with Gasteiger partial charge in [0.15, 0.2) is 17.0 Å². The van der Waals surface area contributed by atoms with Crippen LogP contribution in [0.15, 0.2) is 30.6 Å². The van der Waals surface area contributed by atoms with E-state index in [9.17, 15) is 5.11 Å². The van der Waals surface area contributed by atoms with Gasteiger partial charge < -0.3 is 25.6 Å². The van der Waals surface area contributed by atoms with Crippen LogP contribution < -0.4 is 16.0 Å². The van der Waals surface area contributed by atoms with Gasteiger partial charge in [-0.3, -0.25) is 0 Å². The van der Waals surface area contributed by atoms with Gasteiger partial charge in [0.05, 0.1) is 12.4 Å². The number of aromatic nitrogens is 4. The molecule has 34 heavy (non-hydrogen) atoms. The van der Waals surface area contributed by atoms with Crippen molar-refractivity contribution in [2.75, 3.05) is 23.3 Å². The Labute approximate surface area is 201 Å². The van der Waals surface area contributed by atoms with Crippen LogP contribution in [-0.4, -0.2) is 49.9 Å². The summed E-state index contributed by atoms with van der Waals surface area (Å²) in [5.41, 5.74) is 10.5. The number of hydrogen-bond acceptors (Lipinski definition) is 7. The molecule has 0 bridgehead atoms. The van der Waals surface area contributed by atoms with Crippen molar-refractivity contribution in [1.82, 2.24) is 19.5 Å². The molecule has 3 heterocycles. The number of aliphatic hydroxyl groups is 1. The molecule has 0 amide bonds. The maximum atomic E-state index is 9.94. The molecule has 1 saturated heterocycles. The second kappa shape index (κ2) is 9.88. The average Bonchev–Trinajstić information content (AvgIpc) is 3.28. The van der Waals surface area contributed by atoms with Gasteiger partial charge in [0, 0.05) is 31.7 Å². The van der Waals surface area contributed by atoms with E-state index in [-0.39, 0.29) is 18.2 Å². The molecule has 0 unspecified atom stereocenters. The topological polar surface area (TPSA) is 105 Å². The van der Waals surface area contributed by atoms with E-state index in [1.165, 1.54) is 11.1 Å². The van der Waals surface area contributed by atoms with Crippen LogP contribution >= 0.6 is 0 Å². The first-order valence-corrected chi connectivity index (χ1v) is 12.7. The fraction of sp³-hybridized carbons (Fsp3) is 0.577. The number of fused-ring (bicyclic) bond motifs is 1. The third-order valence-electron chi connectivity index (χ3n) is 7.43. The molecule has 1 aliphatic carbocycles. The van der Waals surface area contributed by atoms with Crippen molar-refractivity contribution in [3.63, 3.8) is 0 Å². The first-order chi connectivity index (χ1) is 16.5. The number of hydrogen-bond donors (Lipinski definition) is 3. The lowest BCUT2D eigenvalue weighted by atomic mass is 9.81. The number of imidazole rings is 1. The van der Waals surface area contributed by atoms with Crippen molar-refractivity contribution in [2.45, 2.75) is 83.0 Å². The minimum atomic E-state index is -0.144. The zero-order chi connectivity index (χ0) is 23.7. The number of rotatable bonds is 6. The third kappa shape index (κ3) is 4.74. The van der Waals surface area contributed by atoms with Crippen LogP contribution in [0.4, 0.5) is 11.8 Å². The Hall–Kier alpha value is -2.71. The standard InChI is InChI=1S/C26H37N7O/c1-17(2)33-16-29-23-24(30-26(31-25(23)33)32-13-11-20(27)12-14-32)28-15-19-5-3-4-6-22(19)18-7-9-21(34)10-8-18/h3-6,16-18,20-21,34H,7-15,27H2,1-2H3,(H,28,30,31). The van der Waals surface area contributed by atoms with Crippen molar-refractivity contribution >= 4 is 22.9 Å². The molecule has 1 aliphatic heterocycles. The molecule has 0 radical (unpaired) electrons. The Morgan fingerprint density at radius 3 is 2.53 bits per heavy atom. The summed E-state index contributed by atoms with van der Waals surface area (Å²) in [6.45, 7) is 6.72. The smallest absolute Gasteiger partial charge is 0.229 e. The summed E-state index contributed by atoms with van der Waals surface area (Å²) in [6.07, 6.45) is 7.48. The molecule has 2 fully saturated rings. The SMILES string of the molecule is CC(C)n1cnc2c(NCc3ccccc3C3CCC(O)CC3)nc(N3CCC(N)CC3)nc21. The fourth-order valence-corrected chi connectivity index (χ4v) is 5.31. The summed E-state index contributed by atoms with van der Waals surface area (Å²) < 4.78 is 2.11. The lowest BCUT2D eigenvalue weighted by Gasteiger charge is -2.30. The predicted octanol–water partition coefficient (Wildman–Crippen LogP) is 3.97. The van der Waals surface area contributed by atoms with Crippen LogP contribution in [0.3, 0.4) is 0 Å². The molecule has 1 saturated carbocycles. The summed E-state index contributed by atoms with van der Waals surface area (Å²) in [5.74, 6) is 2.03. The van der Waals surface area contributed by atoms with E-state index in [1.807, 2.05) is 6.33 Å². The predicted molar refractivity (Wildman–Crippen MR) is 136 cm³/mol. The molecule has 1 aromatic carbocycles. The maximum absolute atomic E-state index is 9.94. The Balaban J connectivity index is 1.44. The van der Waals surface area contributed by atoms with E-state index in [4.69, 9.17) is 15.7 Å². The molecule has 4 N–H and O–H groups in total. The van der Waals surface area contributed by atoms with Gasteiger partial charge in [-0.2, -0.15) is 9.97 Å². The van der Waals surface area contributed by atoms with E-state index in [0.717, 1.165) is 74.5 Å². The lowest BCUT2D eigenvalue weighted by molar-refractivity contribution is 0.122. The molecular formula is C26H37N7O. The average molecular weight is 464 g/mol. The van der Waals surface area contributed by atoms with Gasteiger partial charge in [0.25, 0.3) is 0 Å². The zero-order valence-electron chi connectivity index (χ0n) is 20.3. The van der Waals surface area contributed by atoms with Crippen LogP contribution in [0.2, 0.25) is 0 Å². The lowest BCUT2D eigenvalue weighted by Crippen LogP contribution is -2.40. The van der Waals surface area contributed by atoms with E-state index < -0.39 is 0 Å². The highest BCUT2D eigenvalue weighted by molar-refractivity contribution is 5.84. The zero-order valence-corrected chi connectivity index (χ0v) is 20.3. The molecule has 8 nitrogen and oxygen atoms in total. The van der Waals surface area contributed by atoms with Crippen LogP contribution in [0.5, 0.6) is 0 Å². The van der Waals surface area contributed by atoms with E-state index in [0.29, 0.717) is 12.5 Å². The van der Waals surface area contributed by atoms with Gasteiger partial charge in [-0.05, 0) is 69.4 Å². The van der Waals surface area contributed by atoms with Gasteiger partial charge in [0.1, 0.15) is 0 Å². The number of aliphatic hydroxyl groups excluding tert-OH is 1. The van der Waals surface area contributed by atoms with Crippen LogP contribution in [0, 0.1) is 0 Å². The van der Waals surface area contributed by atoms with E-state index in [1.54, 1.807) is 0 Å². The molecule has 3 aromatic rings. The molecule has 2 aliphatic rings.